The largest absolute Gasteiger partial charge is 0.481 e. The number of carbonyl (C=O) groups excluding carboxylic acids is 1. The molecule has 28 heavy (non-hydrogen) atoms. The number of nitrogens with one attached hydrogen (secondary N) is 2. The van der Waals surface area contributed by atoms with Crippen molar-refractivity contribution in [1.82, 2.24) is 0 Å². The lowest BCUT2D eigenvalue weighted by Crippen LogP contribution is -2.20. The quantitative estimate of drug-likeness (QED) is 0.459. The predicted molar refractivity (Wildman–Crippen MR) is 116 cm³/mol. The van der Waals surface area contributed by atoms with Gasteiger partial charge >= 0.3 is 0 Å². The second-order valence-electron chi connectivity index (χ2n) is 5.95. The van der Waals surface area contributed by atoms with Gasteiger partial charge in [-0.15, -0.1) is 0 Å². The van der Waals surface area contributed by atoms with Crippen molar-refractivity contribution in [3.05, 3.63) is 87.4 Å². The zero-order valence-corrected chi connectivity index (χ0v) is 17.0. The van der Waals surface area contributed by atoms with Gasteiger partial charge in [0.15, 0.2) is 12.4 Å². The highest BCUT2D eigenvalue weighted by molar-refractivity contribution is 6.37. The van der Waals surface area contributed by atoms with E-state index in [0.717, 1.165) is 11.3 Å². The molecule has 3 aromatic carbocycles. The first kappa shape index (κ1) is 20.3. The van der Waals surface area contributed by atoms with Gasteiger partial charge in [0, 0.05) is 22.9 Å². The summed E-state index contributed by atoms with van der Waals surface area (Å²) < 4.78 is 5.52. The van der Waals surface area contributed by atoms with E-state index in [2.05, 4.69) is 10.6 Å². The molecule has 0 aliphatic rings. The van der Waals surface area contributed by atoms with E-state index in [4.69, 9.17) is 39.5 Å². The number of para-hydroxylation sites is 1. The van der Waals surface area contributed by atoms with Crippen LogP contribution in [0.3, 0.4) is 0 Å². The van der Waals surface area contributed by atoms with E-state index in [1.165, 1.54) is 0 Å². The van der Waals surface area contributed by atoms with Crippen LogP contribution >= 0.6 is 34.8 Å². The highest BCUT2D eigenvalue weighted by atomic mass is 35.5. The highest BCUT2D eigenvalue weighted by Gasteiger charge is 2.12. The summed E-state index contributed by atoms with van der Waals surface area (Å²) in [5, 5.41) is 7.35. The van der Waals surface area contributed by atoms with Crippen LogP contribution in [0, 0.1) is 0 Å². The molecule has 0 radical (unpaired) electrons. The van der Waals surface area contributed by atoms with Gasteiger partial charge in [-0.3, -0.25) is 4.79 Å². The fraction of sp³-hybridized carbons (Fsp3) is 0.0952. The smallest absolute Gasteiger partial charge is 0.262 e. The van der Waals surface area contributed by atoms with Gasteiger partial charge in [-0.25, -0.2) is 0 Å². The van der Waals surface area contributed by atoms with E-state index < -0.39 is 0 Å². The van der Waals surface area contributed by atoms with E-state index in [-0.39, 0.29) is 18.3 Å². The Hall–Kier alpha value is -2.40. The Bertz CT molecular complexity index is 925. The fourth-order valence-electron chi connectivity index (χ4n) is 2.48. The number of benzene rings is 3. The second kappa shape index (κ2) is 9.69. The van der Waals surface area contributed by atoms with Crippen molar-refractivity contribution >= 4 is 52.1 Å². The van der Waals surface area contributed by atoms with Gasteiger partial charge in [0.1, 0.15) is 0 Å². The number of halogens is 3. The first-order valence-electron chi connectivity index (χ1n) is 8.46. The van der Waals surface area contributed by atoms with Crippen molar-refractivity contribution in [2.24, 2.45) is 0 Å². The number of ether oxygens (including phenoxy) is 1. The summed E-state index contributed by atoms with van der Waals surface area (Å²) in [6.45, 7) is 0.326. The van der Waals surface area contributed by atoms with Crippen LogP contribution in [0.25, 0.3) is 0 Å². The summed E-state index contributed by atoms with van der Waals surface area (Å²) in [5.41, 5.74) is 2.50. The van der Waals surface area contributed by atoms with Gasteiger partial charge in [-0.05, 0) is 54.1 Å². The van der Waals surface area contributed by atoms with Crippen LogP contribution in [-0.2, 0) is 11.3 Å². The second-order valence-corrected chi connectivity index (χ2v) is 7.20. The molecule has 0 aromatic heterocycles. The lowest BCUT2D eigenvalue weighted by molar-refractivity contribution is -0.118. The molecule has 0 heterocycles. The minimum Gasteiger partial charge on any atom is -0.481 e. The molecule has 7 heteroatoms. The highest BCUT2D eigenvalue weighted by Crippen LogP contribution is 2.34. The predicted octanol–water partition coefficient (Wildman–Crippen LogP) is 6.28. The SMILES string of the molecule is O=C(COc1c(Cl)cc(CNc2ccc(Cl)cc2)cc1Cl)Nc1ccccc1. The van der Waals surface area contributed by atoms with Gasteiger partial charge in [-0.1, -0.05) is 53.0 Å². The molecule has 0 aliphatic heterocycles. The Morgan fingerprint density at radius 2 is 1.50 bits per heavy atom. The molecule has 0 saturated heterocycles. The first-order chi connectivity index (χ1) is 13.5. The Labute approximate surface area is 178 Å². The standard InChI is InChI=1S/C21H17Cl3N2O2/c22-15-6-8-16(9-7-15)25-12-14-10-18(23)21(19(24)11-14)28-13-20(27)26-17-4-2-1-3-5-17/h1-11,25H,12-13H2,(H,26,27). The van der Waals surface area contributed by atoms with E-state index in [1.807, 2.05) is 30.3 Å². The van der Waals surface area contributed by atoms with Crippen molar-refractivity contribution in [3.63, 3.8) is 0 Å². The van der Waals surface area contributed by atoms with Crippen LogP contribution in [0.2, 0.25) is 15.1 Å². The number of hydrogen-bond donors (Lipinski definition) is 2. The van der Waals surface area contributed by atoms with Crippen molar-refractivity contribution in [2.45, 2.75) is 6.54 Å². The number of hydrogen-bond acceptors (Lipinski definition) is 3. The first-order valence-corrected chi connectivity index (χ1v) is 9.60. The zero-order chi connectivity index (χ0) is 19.9. The van der Waals surface area contributed by atoms with Crippen LogP contribution in [0.1, 0.15) is 5.56 Å². The topological polar surface area (TPSA) is 50.4 Å². The maximum absolute atomic E-state index is 12.0. The van der Waals surface area contributed by atoms with E-state index in [1.54, 1.807) is 36.4 Å². The van der Waals surface area contributed by atoms with E-state index >= 15 is 0 Å². The molecule has 4 nitrogen and oxygen atoms in total. The van der Waals surface area contributed by atoms with E-state index in [0.29, 0.717) is 27.3 Å². The monoisotopic (exact) mass is 434 g/mol. The molecule has 3 aromatic rings. The molecule has 3 rings (SSSR count). The molecule has 1 amide bonds. The summed E-state index contributed by atoms with van der Waals surface area (Å²) >= 11 is 18.5. The van der Waals surface area contributed by atoms with Crippen LogP contribution in [0.5, 0.6) is 5.75 Å². The van der Waals surface area contributed by atoms with Crippen LogP contribution in [0.15, 0.2) is 66.7 Å². The lowest BCUT2D eigenvalue weighted by atomic mass is 10.2. The third-order valence-corrected chi connectivity index (χ3v) is 4.62. The maximum atomic E-state index is 12.0. The summed E-state index contributed by atoms with van der Waals surface area (Å²) in [5.74, 6) is -0.0198. The van der Waals surface area contributed by atoms with Crippen molar-refractivity contribution in [3.8, 4) is 5.75 Å². The van der Waals surface area contributed by atoms with Crippen molar-refractivity contribution < 1.29 is 9.53 Å². The average Bonchev–Trinajstić information content (AvgIpc) is 2.67. The third-order valence-electron chi connectivity index (χ3n) is 3.80. The lowest BCUT2D eigenvalue weighted by Gasteiger charge is -2.13. The van der Waals surface area contributed by atoms with Gasteiger partial charge in [0.05, 0.1) is 10.0 Å². The van der Waals surface area contributed by atoms with Crippen LogP contribution < -0.4 is 15.4 Å². The van der Waals surface area contributed by atoms with Crippen LogP contribution in [0.4, 0.5) is 11.4 Å². The molecule has 0 atom stereocenters. The summed E-state index contributed by atoms with van der Waals surface area (Å²) in [4.78, 5) is 12.0. The van der Waals surface area contributed by atoms with Crippen molar-refractivity contribution in [1.29, 1.82) is 0 Å². The Kier molecular flexibility index (Phi) is 7.04. The minimum atomic E-state index is -0.299. The molecule has 0 saturated carbocycles. The molecule has 144 valence electrons. The molecular formula is C21H17Cl3N2O2. The van der Waals surface area contributed by atoms with Crippen molar-refractivity contribution in [2.75, 3.05) is 17.2 Å². The van der Waals surface area contributed by atoms with Gasteiger partial charge in [0.2, 0.25) is 0 Å². The molecule has 0 unspecified atom stereocenters. The molecular weight excluding hydrogens is 419 g/mol. The molecule has 0 spiro atoms. The van der Waals surface area contributed by atoms with Gasteiger partial charge < -0.3 is 15.4 Å². The summed E-state index contributed by atoms with van der Waals surface area (Å²) in [7, 11) is 0. The Morgan fingerprint density at radius 1 is 0.857 bits per heavy atom. The summed E-state index contributed by atoms with van der Waals surface area (Å²) in [6, 6.07) is 20.0. The van der Waals surface area contributed by atoms with Crippen LogP contribution in [-0.4, -0.2) is 12.5 Å². The average molecular weight is 436 g/mol. The van der Waals surface area contributed by atoms with E-state index in [9.17, 15) is 4.79 Å². The molecule has 2 N–H and O–H groups in total. The molecule has 0 fully saturated rings. The molecule has 0 bridgehead atoms. The molecule has 0 aliphatic carbocycles. The minimum absolute atomic E-state index is 0.198. The number of carbonyl (C=O) groups is 1. The number of anilines is 2. The Morgan fingerprint density at radius 3 is 2.14 bits per heavy atom. The normalized spacial score (nSPS) is 10.4. The maximum Gasteiger partial charge on any atom is 0.262 e. The Balaban J connectivity index is 1.58. The number of amides is 1. The third kappa shape index (κ3) is 5.80. The summed E-state index contributed by atoms with van der Waals surface area (Å²) in [6.07, 6.45) is 0. The number of rotatable bonds is 7. The van der Waals surface area contributed by atoms with Gasteiger partial charge in [0.25, 0.3) is 5.91 Å². The zero-order valence-electron chi connectivity index (χ0n) is 14.7. The fourth-order valence-corrected chi connectivity index (χ4v) is 3.25. The van der Waals surface area contributed by atoms with Gasteiger partial charge in [-0.2, -0.15) is 0 Å².